The maximum Gasteiger partial charge on any atom is 0.263 e. The molecule has 0 radical (unpaired) electrons. The monoisotopic (exact) mass is 405 g/mol. The third kappa shape index (κ3) is 5.38. The first-order chi connectivity index (χ1) is 11.0. The number of nitrogens with zero attached hydrogens (tertiary/aromatic N) is 1. The second-order valence-corrected chi connectivity index (χ2v) is 6.99. The lowest BCUT2D eigenvalue weighted by atomic mass is 10.0. The number of benzene rings is 1. The number of hydrogen-bond donors (Lipinski definition) is 2. The van der Waals surface area contributed by atoms with Crippen LogP contribution < -0.4 is 10.6 Å². The predicted octanol–water partition coefficient (Wildman–Crippen LogP) is 3.97. The normalized spacial score (nSPS) is 19.5. The maximum absolute atomic E-state index is 13.0. The number of carbonyl (C=O) groups excluding carboxylic acids is 1. The molecular formula is C17H22Cl2FN3OS. The van der Waals surface area contributed by atoms with Crippen LogP contribution in [0.3, 0.4) is 0 Å². The van der Waals surface area contributed by atoms with Gasteiger partial charge in [0.05, 0.1) is 5.69 Å². The Morgan fingerprint density at radius 2 is 2.00 bits per heavy atom. The molecule has 2 unspecified atom stereocenters. The van der Waals surface area contributed by atoms with Gasteiger partial charge in [0.2, 0.25) is 0 Å². The fourth-order valence-corrected chi connectivity index (χ4v) is 3.81. The first kappa shape index (κ1) is 21.8. The Morgan fingerprint density at radius 1 is 1.32 bits per heavy atom. The molecule has 3 rings (SSSR count). The van der Waals surface area contributed by atoms with Crippen molar-refractivity contribution in [1.82, 2.24) is 15.6 Å². The van der Waals surface area contributed by atoms with Gasteiger partial charge in [-0.25, -0.2) is 9.37 Å². The van der Waals surface area contributed by atoms with Crippen LogP contribution in [0.15, 0.2) is 24.3 Å². The highest BCUT2D eigenvalue weighted by Gasteiger charge is 2.23. The lowest BCUT2D eigenvalue weighted by molar-refractivity contribution is 0.0929. The highest BCUT2D eigenvalue weighted by molar-refractivity contribution is 7.17. The van der Waals surface area contributed by atoms with Gasteiger partial charge in [0.25, 0.3) is 5.91 Å². The fraction of sp³-hybridized carbons (Fsp3) is 0.412. The zero-order chi connectivity index (χ0) is 16.4. The van der Waals surface area contributed by atoms with Gasteiger partial charge in [0.15, 0.2) is 0 Å². The van der Waals surface area contributed by atoms with Crippen molar-refractivity contribution < 1.29 is 9.18 Å². The van der Waals surface area contributed by atoms with Crippen molar-refractivity contribution in [3.05, 3.63) is 40.7 Å². The van der Waals surface area contributed by atoms with Crippen LogP contribution in [0.2, 0.25) is 0 Å². The number of carbonyl (C=O) groups is 1. The summed E-state index contributed by atoms with van der Waals surface area (Å²) in [5, 5.41) is 7.23. The molecule has 1 fully saturated rings. The minimum atomic E-state index is -0.278. The highest BCUT2D eigenvalue weighted by Crippen LogP contribution is 2.28. The van der Waals surface area contributed by atoms with E-state index in [1.165, 1.54) is 23.5 Å². The topological polar surface area (TPSA) is 54.0 Å². The molecule has 2 atom stereocenters. The zero-order valence-corrected chi connectivity index (χ0v) is 16.5. The Morgan fingerprint density at radius 3 is 2.64 bits per heavy atom. The van der Waals surface area contributed by atoms with E-state index in [1.807, 2.05) is 6.92 Å². The van der Waals surface area contributed by atoms with Crippen LogP contribution in [0.5, 0.6) is 0 Å². The van der Waals surface area contributed by atoms with Crippen molar-refractivity contribution in [1.29, 1.82) is 0 Å². The molecule has 1 aromatic carbocycles. The van der Waals surface area contributed by atoms with E-state index in [0.717, 1.165) is 30.0 Å². The van der Waals surface area contributed by atoms with Gasteiger partial charge in [-0.1, -0.05) is 0 Å². The van der Waals surface area contributed by atoms with E-state index in [-0.39, 0.29) is 42.6 Å². The van der Waals surface area contributed by atoms with Gasteiger partial charge in [0, 0.05) is 17.6 Å². The SMILES string of the molecule is Cc1nc(-c2ccc(F)cc2)sc1C(=O)NC1CCNC(C)C1.Cl.Cl. The summed E-state index contributed by atoms with van der Waals surface area (Å²) in [6, 6.07) is 6.80. The second kappa shape index (κ2) is 9.48. The number of piperidine rings is 1. The number of halogens is 3. The number of nitrogens with one attached hydrogen (secondary N) is 2. The lowest BCUT2D eigenvalue weighted by Gasteiger charge is -2.28. The van der Waals surface area contributed by atoms with Gasteiger partial charge in [-0.2, -0.15) is 0 Å². The lowest BCUT2D eigenvalue weighted by Crippen LogP contribution is -2.46. The molecule has 1 aliphatic heterocycles. The molecule has 2 heterocycles. The fourth-order valence-electron chi connectivity index (χ4n) is 2.84. The third-order valence-corrected chi connectivity index (χ3v) is 5.26. The molecular weight excluding hydrogens is 384 g/mol. The third-order valence-electron chi connectivity index (χ3n) is 4.05. The molecule has 138 valence electrons. The van der Waals surface area contributed by atoms with Crippen molar-refractivity contribution in [2.45, 2.75) is 38.8 Å². The van der Waals surface area contributed by atoms with Crippen molar-refractivity contribution in [3.8, 4) is 10.6 Å². The standard InChI is InChI=1S/C17H20FN3OS.2ClH/c1-10-9-14(7-8-19-10)21-16(22)15-11(2)20-17(23-15)12-3-5-13(18)6-4-12;;/h3-6,10,14,19H,7-9H2,1-2H3,(H,21,22);2*1H. The number of amides is 1. The molecule has 1 aliphatic rings. The molecule has 2 aromatic rings. The summed E-state index contributed by atoms with van der Waals surface area (Å²) in [4.78, 5) is 17.6. The van der Waals surface area contributed by atoms with Crippen molar-refractivity contribution in [3.63, 3.8) is 0 Å². The maximum atomic E-state index is 13.0. The molecule has 1 amide bonds. The second-order valence-electron chi connectivity index (χ2n) is 5.99. The average Bonchev–Trinajstić information content (AvgIpc) is 2.90. The van der Waals surface area contributed by atoms with Crippen LogP contribution in [0.4, 0.5) is 4.39 Å². The van der Waals surface area contributed by atoms with Crippen LogP contribution in [-0.2, 0) is 0 Å². The molecule has 0 spiro atoms. The van der Waals surface area contributed by atoms with Crippen LogP contribution in [0.25, 0.3) is 10.6 Å². The summed E-state index contributed by atoms with van der Waals surface area (Å²) in [5.41, 5.74) is 1.54. The molecule has 8 heteroatoms. The molecule has 0 saturated carbocycles. The van der Waals surface area contributed by atoms with E-state index < -0.39 is 0 Å². The van der Waals surface area contributed by atoms with Crippen LogP contribution in [0, 0.1) is 12.7 Å². The minimum Gasteiger partial charge on any atom is -0.348 e. The van der Waals surface area contributed by atoms with E-state index in [1.54, 1.807) is 12.1 Å². The number of aromatic nitrogens is 1. The smallest absolute Gasteiger partial charge is 0.263 e. The Hall–Kier alpha value is -1.21. The summed E-state index contributed by atoms with van der Waals surface area (Å²) >= 11 is 1.35. The number of hydrogen-bond acceptors (Lipinski definition) is 4. The summed E-state index contributed by atoms with van der Waals surface area (Å²) in [7, 11) is 0. The van der Waals surface area contributed by atoms with Crippen LogP contribution in [-0.4, -0.2) is 29.5 Å². The summed E-state index contributed by atoms with van der Waals surface area (Å²) in [6.45, 7) is 4.89. The van der Waals surface area contributed by atoms with Gasteiger partial charge < -0.3 is 10.6 Å². The van der Waals surface area contributed by atoms with E-state index in [0.29, 0.717) is 16.6 Å². The van der Waals surface area contributed by atoms with Crippen molar-refractivity contribution in [2.75, 3.05) is 6.54 Å². The Bertz CT molecular complexity index is 708. The molecule has 1 aromatic heterocycles. The Labute approximate surface area is 163 Å². The number of rotatable bonds is 3. The predicted molar refractivity (Wildman–Crippen MR) is 105 cm³/mol. The van der Waals surface area contributed by atoms with Gasteiger partial charge in [-0.3, -0.25) is 4.79 Å². The van der Waals surface area contributed by atoms with Gasteiger partial charge in [-0.15, -0.1) is 36.2 Å². The minimum absolute atomic E-state index is 0. The molecule has 0 aliphatic carbocycles. The van der Waals surface area contributed by atoms with E-state index in [9.17, 15) is 9.18 Å². The largest absolute Gasteiger partial charge is 0.348 e. The van der Waals surface area contributed by atoms with Crippen LogP contribution in [0.1, 0.15) is 35.1 Å². The van der Waals surface area contributed by atoms with E-state index in [4.69, 9.17) is 0 Å². The van der Waals surface area contributed by atoms with Crippen molar-refractivity contribution in [2.24, 2.45) is 0 Å². The van der Waals surface area contributed by atoms with E-state index >= 15 is 0 Å². The Kier molecular flexibility index (Phi) is 8.28. The Balaban J connectivity index is 0.00000156. The zero-order valence-electron chi connectivity index (χ0n) is 14.0. The number of thiazole rings is 1. The average molecular weight is 406 g/mol. The van der Waals surface area contributed by atoms with Crippen LogP contribution >= 0.6 is 36.2 Å². The van der Waals surface area contributed by atoms with Gasteiger partial charge >= 0.3 is 0 Å². The van der Waals surface area contributed by atoms with E-state index in [2.05, 4.69) is 22.5 Å². The van der Waals surface area contributed by atoms with Gasteiger partial charge in [-0.05, 0) is 57.5 Å². The first-order valence-electron chi connectivity index (χ1n) is 7.80. The molecule has 1 saturated heterocycles. The molecule has 2 N–H and O–H groups in total. The van der Waals surface area contributed by atoms with Gasteiger partial charge in [0.1, 0.15) is 15.7 Å². The summed E-state index contributed by atoms with van der Waals surface area (Å²) in [5.74, 6) is -0.340. The molecule has 0 bridgehead atoms. The first-order valence-corrected chi connectivity index (χ1v) is 8.62. The quantitative estimate of drug-likeness (QED) is 0.811. The number of aryl methyl sites for hydroxylation is 1. The molecule has 4 nitrogen and oxygen atoms in total. The molecule has 25 heavy (non-hydrogen) atoms. The highest BCUT2D eigenvalue weighted by atomic mass is 35.5. The summed E-state index contributed by atoms with van der Waals surface area (Å²) < 4.78 is 13.0. The summed E-state index contributed by atoms with van der Waals surface area (Å²) in [6.07, 6.45) is 1.88. The van der Waals surface area contributed by atoms with Crippen molar-refractivity contribution >= 4 is 42.1 Å².